The van der Waals surface area contributed by atoms with Crippen LogP contribution in [0.3, 0.4) is 0 Å². The van der Waals surface area contributed by atoms with Crippen molar-refractivity contribution in [2.45, 2.75) is 39.7 Å². The van der Waals surface area contributed by atoms with Crippen molar-refractivity contribution in [2.75, 3.05) is 13.1 Å². The molecule has 2 rings (SSSR count). The lowest BCUT2D eigenvalue weighted by Crippen LogP contribution is -2.40. The molecule has 100 valence electrons. The first kappa shape index (κ1) is 13.5. The first-order chi connectivity index (χ1) is 8.49. The van der Waals surface area contributed by atoms with Crippen molar-refractivity contribution in [2.24, 2.45) is 5.92 Å². The van der Waals surface area contributed by atoms with E-state index in [4.69, 9.17) is 0 Å². The zero-order valence-corrected chi connectivity index (χ0v) is 12.0. The van der Waals surface area contributed by atoms with E-state index in [-0.39, 0.29) is 12.0 Å². The van der Waals surface area contributed by atoms with Crippen LogP contribution in [0.4, 0.5) is 0 Å². The molecule has 1 atom stereocenters. The maximum atomic E-state index is 12.3. The van der Waals surface area contributed by atoms with Crippen LogP contribution in [0.15, 0.2) is 0 Å². The van der Waals surface area contributed by atoms with Gasteiger partial charge in [-0.2, -0.15) is 0 Å². The van der Waals surface area contributed by atoms with E-state index in [1.165, 1.54) is 11.3 Å². The zero-order valence-electron chi connectivity index (χ0n) is 11.1. The molecule has 1 unspecified atom stereocenters. The number of rotatable bonds is 2. The second-order valence-corrected chi connectivity index (χ2v) is 6.22. The molecule has 1 N–H and O–H groups in total. The largest absolute Gasteiger partial charge is 0.393 e. The normalized spacial score (nSPS) is 19.0. The summed E-state index contributed by atoms with van der Waals surface area (Å²) in [5, 5.41) is 10.5. The van der Waals surface area contributed by atoms with E-state index in [1.807, 2.05) is 25.7 Å². The van der Waals surface area contributed by atoms with E-state index in [0.717, 1.165) is 41.5 Å². The number of aryl methyl sites for hydroxylation is 2. The number of carbonyl (C=O) groups excluding carboxylic acids is 1. The number of aliphatic hydroxyl groups is 1. The number of nitrogens with zero attached hydrogens (tertiary/aromatic N) is 2. The lowest BCUT2D eigenvalue weighted by Gasteiger charge is -2.33. The average molecular weight is 268 g/mol. The lowest BCUT2D eigenvalue weighted by atomic mass is 9.92. The first-order valence-corrected chi connectivity index (χ1v) is 7.22. The second kappa shape index (κ2) is 5.36. The number of amides is 1. The molecular weight excluding hydrogens is 248 g/mol. The van der Waals surface area contributed by atoms with Crippen LogP contribution in [-0.2, 0) is 0 Å². The highest BCUT2D eigenvalue weighted by Crippen LogP contribution is 2.24. The number of thiazole rings is 1. The predicted molar refractivity (Wildman–Crippen MR) is 71.9 cm³/mol. The van der Waals surface area contributed by atoms with Gasteiger partial charge in [-0.1, -0.05) is 0 Å². The van der Waals surface area contributed by atoms with Gasteiger partial charge in [-0.25, -0.2) is 4.98 Å². The Kier molecular flexibility index (Phi) is 4.02. The van der Waals surface area contributed by atoms with Gasteiger partial charge in [-0.15, -0.1) is 11.3 Å². The fourth-order valence-corrected chi connectivity index (χ4v) is 3.35. The monoisotopic (exact) mass is 268 g/mol. The van der Waals surface area contributed by atoms with Crippen LogP contribution < -0.4 is 0 Å². The molecule has 4 nitrogen and oxygen atoms in total. The highest BCUT2D eigenvalue weighted by molar-refractivity contribution is 7.13. The fraction of sp³-hybridized carbons (Fsp3) is 0.692. The maximum absolute atomic E-state index is 12.3. The summed E-state index contributed by atoms with van der Waals surface area (Å²) in [5.41, 5.74) is 0.833. The maximum Gasteiger partial charge on any atom is 0.265 e. The van der Waals surface area contributed by atoms with Crippen LogP contribution in [0, 0.1) is 19.8 Å². The number of likely N-dealkylation sites (tertiary alicyclic amines) is 1. The molecule has 18 heavy (non-hydrogen) atoms. The van der Waals surface area contributed by atoms with Crippen LogP contribution in [-0.4, -0.2) is 40.1 Å². The molecule has 1 fully saturated rings. The number of piperidine rings is 1. The first-order valence-electron chi connectivity index (χ1n) is 6.40. The summed E-state index contributed by atoms with van der Waals surface area (Å²) in [5.74, 6) is 0.431. The van der Waals surface area contributed by atoms with Crippen LogP contribution in [0.1, 0.15) is 40.1 Å². The van der Waals surface area contributed by atoms with Gasteiger partial charge in [0.2, 0.25) is 0 Å². The molecular formula is C13H20N2O2S. The Labute approximate surface area is 112 Å². The van der Waals surface area contributed by atoms with Crippen molar-refractivity contribution in [1.82, 2.24) is 9.88 Å². The van der Waals surface area contributed by atoms with Crippen molar-refractivity contribution in [1.29, 1.82) is 0 Å². The number of aromatic nitrogens is 1. The molecule has 2 heterocycles. The highest BCUT2D eigenvalue weighted by Gasteiger charge is 2.27. The van der Waals surface area contributed by atoms with Crippen molar-refractivity contribution < 1.29 is 9.90 Å². The molecule has 0 bridgehead atoms. The topological polar surface area (TPSA) is 53.4 Å². The fourth-order valence-electron chi connectivity index (χ4n) is 2.46. The van der Waals surface area contributed by atoms with Gasteiger partial charge in [0.05, 0.1) is 16.8 Å². The Balaban J connectivity index is 2.02. The van der Waals surface area contributed by atoms with Crippen LogP contribution in [0.5, 0.6) is 0 Å². The third-order valence-corrected chi connectivity index (χ3v) is 4.67. The Bertz CT molecular complexity index is 434. The van der Waals surface area contributed by atoms with E-state index in [2.05, 4.69) is 4.98 Å². The van der Waals surface area contributed by atoms with Crippen molar-refractivity contribution in [3.8, 4) is 0 Å². The third-order valence-electron chi connectivity index (χ3n) is 3.61. The van der Waals surface area contributed by atoms with E-state index in [0.29, 0.717) is 5.92 Å². The molecule has 5 heteroatoms. The van der Waals surface area contributed by atoms with Gasteiger partial charge in [0.25, 0.3) is 5.91 Å². The number of hydrogen-bond acceptors (Lipinski definition) is 4. The highest BCUT2D eigenvalue weighted by atomic mass is 32.1. The van der Waals surface area contributed by atoms with Crippen molar-refractivity contribution in [3.63, 3.8) is 0 Å². The van der Waals surface area contributed by atoms with E-state index in [9.17, 15) is 9.90 Å². The average Bonchev–Trinajstić information content (AvgIpc) is 2.67. The molecule has 0 spiro atoms. The molecule has 0 aliphatic carbocycles. The SMILES string of the molecule is Cc1nc(C)c(C(=O)N2CCC(C(C)O)CC2)s1. The molecule has 0 aromatic carbocycles. The van der Waals surface area contributed by atoms with Gasteiger partial charge in [0.1, 0.15) is 4.88 Å². The number of carbonyl (C=O) groups is 1. The Morgan fingerprint density at radius 1 is 1.44 bits per heavy atom. The molecule has 1 aliphatic heterocycles. The third kappa shape index (κ3) is 2.72. The minimum Gasteiger partial charge on any atom is -0.393 e. The quantitative estimate of drug-likeness (QED) is 0.892. The zero-order chi connectivity index (χ0) is 13.3. The number of hydrogen-bond donors (Lipinski definition) is 1. The van der Waals surface area contributed by atoms with Gasteiger partial charge in [-0.05, 0) is 39.5 Å². The molecule has 1 aromatic rings. The van der Waals surface area contributed by atoms with Gasteiger partial charge in [0.15, 0.2) is 0 Å². The standard InChI is InChI=1S/C13H20N2O2S/c1-8-12(18-10(3)14-8)13(17)15-6-4-11(5-7-15)9(2)16/h9,11,16H,4-7H2,1-3H3. The number of aliphatic hydroxyl groups excluding tert-OH is 1. The Hall–Kier alpha value is -0.940. The summed E-state index contributed by atoms with van der Waals surface area (Å²) in [6, 6.07) is 0. The van der Waals surface area contributed by atoms with Crippen LogP contribution >= 0.6 is 11.3 Å². The van der Waals surface area contributed by atoms with Gasteiger partial charge in [0, 0.05) is 13.1 Å². The van der Waals surface area contributed by atoms with Gasteiger partial charge < -0.3 is 10.0 Å². The Morgan fingerprint density at radius 3 is 2.50 bits per heavy atom. The summed E-state index contributed by atoms with van der Waals surface area (Å²) in [7, 11) is 0. The van der Waals surface area contributed by atoms with E-state index in [1.54, 1.807) is 0 Å². The molecule has 1 aromatic heterocycles. The second-order valence-electron chi connectivity index (χ2n) is 5.02. The van der Waals surface area contributed by atoms with E-state index >= 15 is 0 Å². The molecule has 0 saturated carbocycles. The predicted octanol–water partition coefficient (Wildman–Crippen LogP) is 1.99. The van der Waals surface area contributed by atoms with Gasteiger partial charge >= 0.3 is 0 Å². The molecule has 1 aliphatic rings. The Morgan fingerprint density at radius 2 is 2.06 bits per heavy atom. The summed E-state index contributed by atoms with van der Waals surface area (Å²) in [4.78, 5) is 19.3. The van der Waals surface area contributed by atoms with Crippen molar-refractivity contribution >= 4 is 17.2 Å². The van der Waals surface area contributed by atoms with E-state index < -0.39 is 0 Å². The summed E-state index contributed by atoms with van der Waals surface area (Å²) >= 11 is 1.47. The van der Waals surface area contributed by atoms with Crippen LogP contribution in [0.2, 0.25) is 0 Å². The molecule has 1 saturated heterocycles. The summed E-state index contributed by atoms with van der Waals surface area (Å²) in [6.45, 7) is 7.13. The minimum absolute atomic E-state index is 0.0992. The molecule has 1 amide bonds. The van der Waals surface area contributed by atoms with Crippen LogP contribution in [0.25, 0.3) is 0 Å². The minimum atomic E-state index is -0.269. The van der Waals surface area contributed by atoms with Crippen molar-refractivity contribution in [3.05, 3.63) is 15.6 Å². The summed E-state index contributed by atoms with van der Waals surface area (Å²) < 4.78 is 0. The molecule has 0 radical (unpaired) electrons. The lowest BCUT2D eigenvalue weighted by molar-refractivity contribution is 0.0524. The smallest absolute Gasteiger partial charge is 0.265 e. The van der Waals surface area contributed by atoms with Gasteiger partial charge in [-0.3, -0.25) is 4.79 Å². The summed E-state index contributed by atoms with van der Waals surface area (Å²) in [6.07, 6.45) is 1.51.